The van der Waals surface area contributed by atoms with Crippen LogP contribution in [0.4, 0.5) is 11.6 Å². The van der Waals surface area contributed by atoms with E-state index < -0.39 is 5.54 Å². The highest BCUT2D eigenvalue weighted by atomic mass is 16.2. The third kappa shape index (κ3) is 4.07. The summed E-state index contributed by atoms with van der Waals surface area (Å²) in [5.74, 6) is 2.91. The van der Waals surface area contributed by atoms with Gasteiger partial charge in [0, 0.05) is 24.7 Å². The normalized spacial score (nSPS) is 18.0. The molecular formula is C26H34N8O. The minimum atomic E-state index is -0.678. The highest BCUT2D eigenvalue weighted by Gasteiger charge is 2.37. The van der Waals surface area contributed by atoms with Crippen LogP contribution in [0, 0.1) is 6.92 Å². The zero-order valence-electron chi connectivity index (χ0n) is 21.2. The summed E-state index contributed by atoms with van der Waals surface area (Å²) in [5.41, 5.74) is 8.91. The fraction of sp³-hybridized carbons (Fsp3) is 0.500. The monoisotopic (exact) mass is 474 g/mol. The van der Waals surface area contributed by atoms with E-state index in [0.717, 1.165) is 55.3 Å². The van der Waals surface area contributed by atoms with Crippen molar-refractivity contribution >= 4 is 17.5 Å². The first kappa shape index (κ1) is 23.4. The second-order valence-electron chi connectivity index (χ2n) is 10.3. The third-order valence-electron chi connectivity index (χ3n) is 6.98. The average molecular weight is 475 g/mol. The fourth-order valence-electron chi connectivity index (χ4n) is 5.18. The van der Waals surface area contributed by atoms with E-state index in [4.69, 9.17) is 15.7 Å². The number of carbonyl (C=O) groups is 1. The Morgan fingerprint density at radius 3 is 2.66 bits per heavy atom. The Morgan fingerprint density at radius 1 is 1.17 bits per heavy atom. The second kappa shape index (κ2) is 8.71. The van der Waals surface area contributed by atoms with Gasteiger partial charge in [-0.25, -0.2) is 9.97 Å². The molecule has 1 fully saturated rings. The smallest absolute Gasteiger partial charge is 0.260 e. The summed E-state index contributed by atoms with van der Waals surface area (Å²) in [5, 5.41) is 8.60. The minimum Gasteiger partial charge on any atom is -0.354 e. The highest BCUT2D eigenvalue weighted by molar-refractivity contribution is 6.10. The maximum atomic E-state index is 13.7. The van der Waals surface area contributed by atoms with Crippen LogP contribution in [0.3, 0.4) is 0 Å². The lowest BCUT2D eigenvalue weighted by Crippen LogP contribution is -2.34. The molecule has 0 bridgehead atoms. The molecule has 3 aromatic rings. The number of fused-ring (bicyclic) bond motifs is 1. The van der Waals surface area contributed by atoms with Crippen LogP contribution in [0.25, 0.3) is 11.5 Å². The molecule has 5 heterocycles. The molecule has 2 N–H and O–H groups in total. The molecule has 2 aliphatic heterocycles. The van der Waals surface area contributed by atoms with Gasteiger partial charge in [-0.15, -0.1) is 10.2 Å². The Balaban J connectivity index is 1.54. The van der Waals surface area contributed by atoms with E-state index in [1.165, 1.54) is 0 Å². The van der Waals surface area contributed by atoms with Crippen LogP contribution in [-0.4, -0.2) is 43.2 Å². The van der Waals surface area contributed by atoms with Crippen molar-refractivity contribution in [3.05, 3.63) is 46.9 Å². The highest BCUT2D eigenvalue weighted by Crippen LogP contribution is 2.36. The number of rotatable bonds is 6. The Kier molecular flexibility index (Phi) is 5.83. The van der Waals surface area contributed by atoms with Crippen LogP contribution in [-0.2, 0) is 18.6 Å². The fourth-order valence-corrected chi connectivity index (χ4v) is 5.18. The molecule has 3 aromatic heterocycles. The maximum absolute atomic E-state index is 13.7. The van der Waals surface area contributed by atoms with E-state index in [1.54, 1.807) is 4.90 Å². The van der Waals surface area contributed by atoms with Crippen LogP contribution in [0.2, 0.25) is 0 Å². The Morgan fingerprint density at radius 2 is 1.97 bits per heavy atom. The molecule has 1 saturated heterocycles. The van der Waals surface area contributed by atoms with Gasteiger partial charge in [0.2, 0.25) is 0 Å². The lowest BCUT2D eigenvalue weighted by Gasteiger charge is -2.27. The summed E-state index contributed by atoms with van der Waals surface area (Å²) < 4.78 is 2.06. The van der Waals surface area contributed by atoms with Crippen molar-refractivity contribution in [1.82, 2.24) is 24.7 Å². The minimum absolute atomic E-state index is 0.0724. The van der Waals surface area contributed by atoms with E-state index in [2.05, 4.69) is 33.5 Å². The number of nitrogens with two attached hydrogens (primary N) is 1. The molecular weight excluding hydrogens is 440 g/mol. The van der Waals surface area contributed by atoms with Crippen molar-refractivity contribution in [2.45, 2.75) is 78.6 Å². The molecule has 0 aromatic carbocycles. The van der Waals surface area contributed by atoms with Crippen LogP contribution in [0.1, 0.15) is 74.4 Å². The van der Waals surface area contributed by atoms with E-state index in [-0.39, 0.29) is 5.91 Å². The lowest BCUT2D eigenvalue weighted by molar-refractivity contribution is 0.0996. The number of nitrogens with zero attached hydrogens (tertiary/aromatic N) is 7. The number of hydrogen-bond acceptors (Lipinski definition) is 7. The summed E-state index contributed by atoms with van der Waals surface area (Å²) in [6, 6.07) is 8.03. The second-order valence-corrected chi connectivity index (χ2v) is 10.3. The molecule has 0 radical (unpaired) electrons. The van der Waals surface area contributed by atoms with Gasteiger partial charge in [-0.05, 0) is 65.2 Å². The first-order valence-electron chi connectivity index (χ1n) is 12.5. The first-order valence-corrected chi connectivity index (χ1v) is 12.5. The topological polar surface area (TPSA) is 106 Å². The molecule has 0 saturated carbocycles. The summed E-state index contributed by atoms with van der Waals surface area (Å²) in [7, 11) is 0. The molecule has 0 spiro atoms. The van der Waals surface area contributed by atoms with Gasteiger partial charge in [-0.3, -0.25) is 9.69 Å². The number of aromatic nitrogens is 5. The predicted molar refractivity (Wildman–Crippen MR) is 136 cm³/mol. The van der Waals surface area contributed by atoms with Crippen LogP contribution in [0.15, 0.2) is 24.3 Å². The van der Waals surface area contributed by atoms with Gasteiger partial charge in [0.05, 0.1) is 23.3 Å². The van der Waals surface area contributed by atoms with Gasteiger partial charge < -0.3 is 15.2 Å². The van der Waals surface area contributed by atoms with Gasteiger partial charge in [0.15, 0.2) is 5.82 Å². The molecule has 2 aliphatic rings. The molecule has 9 heteroatoms. The summed E-state index contributed by atoms with van der Waals surface area (Å²) in [4.78, 5) is 27.5. The zero-order valence-corrected chi connectivity index (χ0v) is 21.2. The Labute approximate surface area is 206 Å². The molecule has 1 atom stereocenters. The van der Waals surface area contributed by atoms with E-state index in [0.29, 0.717) is 35.5 Å². The molecule has 184 valence electrons. The van der Waals surface area contributed by atoms with Crippen molar-refractivity contribution in [3.8, 4) is 11.5 Å². The van der Waals surface area contributed by atoms with Gasteiger partial charge in [-0.2, -0.15) is 0 Å². The quantitative estimate of drug-likeness (QED) is 0.579. The number of anilines is 2. The number of aryl methyl sites for hydroxylation is 1. The van der Waals surface area contributed by atoms with E-state index in [9.17, 15) is 4.79 Å². The third-order valence-corrected chi connectivity index (χ3v) is 6.98. The van der Waals surface area contributed by atoms with Crippen molar-refractivity contribution in [1.29, 1.82) is 0 Å². The Bertz CT molecular complexity index is 1270. The van der Waals surface area contributed by atoms with Crippen LogP contribution >= 0.6 is 0 Å². The van der Waals surface area contributed by atoms with Crippen molar-refractivity contribution in [3.63, 3.8) is 0 Å². The largest absolute Gasteiger partial charge is 0.354 e. The van der Waals surface area contributed by atoms with Gasteiger partial charge >= 0.3 is 0 Å². The number of amides is 1. The van der Waals surface area contributed by atoms with Crippen molar-refractivity contribution < 1.29 is 4.79 Å². The number of hydrogen-bond donors (Lipinski definition) is 1. The lowest BCUT2D eigenvalue weighted by atomic mass is 9.94. The number of carbonyl (C=O) groups excluding carboxylic acids is 1. The number of pyridine rings is 2. The van der Waals surface area contributed by atoms with Crippen LogP contribution in [0.5, 0.6) is 0 Å². The van der Waals surface area contributed by atoms with E-state index in [1.807, 2.05) is 45.0 Å². The molecule has 5 rings (SSSR count). The average Bonchev–Trinajstić information content (AvgIpc) is 3.51. The SMILES string of the molecule is CCCn1c(C)nnc1-c1cccc(N2Cc3c(cc(N4CCC[C@H]4C)nc3C(C)(C)N)C2=O)n1. The van der Waals surface area contributed by atoms with Crippen LogP contribution < -0.4 is 15.5 Å². The summed E-state index contributed by atoms with van der Waals surface area (Å²) in [6.07, 6.45) is 3.22. The summed E-state index contributed by atoms with van der Waals surface area (Å²) in [6.45, 7) is 12.3. The summed E-state index contributed by atoms with van der Waals surface area (Å²) >= 11 is 0. The maximum Gasteiger partial charge on any atom is 0.260 e. The predicted octanol–water partition coefficient (Wildman–Crippen LogP) is 3.80. The van der Waals surface area contributed by atoms with Gasteiger partial charge in [-0.1, -0.05) is 13.0 Å². The van der Waals surface area contributed by atoms with Crippen molar-refractivity contribution in [2.75, 3.05) is 16.3 Å². The first-order chi connectivity index (χ1) is 16.7. The van der Waals surface area contributed by atoms with E-state index >= 15 is 0 Å². The molecule has 1 amide bonds. The Hall–Kier alpha value is -3.33. The standard InChI is InChI=1S/C26H34N8O/c1-6-12-33-17(3)30-31-24(33)20-10-7-11-21(28-20)34-15-19-18(25(34)35)14-22(29-23(19)26(4,5)27)32-13-8-9-16(32)2/h7,10-11,14,16H,6,8-9,12-13,15,27H2,1-5H3/t16-/m1/s1. The van der Waals surface area contributed by atoms with Crippen molar-refractivity contribution in [2.24, 2.45) is 5.73 Å². The molecule has 9 nitrogen and oxygen atoms in total. The molecule has 0 aliphatic carbocycles. The molecule has 0 unspecified atom stereocenters. The van der Waals surface area contributed by atoms with Gasteiger partial charge in [0.1, 0.15) is 23.2 Å². The van der Waals surface area contributed by atoms with Gasteiger partial charge in [0.25, 0.3) is 5.91 Å². The zero-order chi connectivity index (χ0) is 24.9. The molecule has 35 heavy (non-hydrogen) atoms.